The quantitative estimate of drug-likeness (QED) is 0.250. The monoisotopic (exact) mass is 605 g/mol. The number of pyridine rings is 1. The number of nitrogens with zero attached hydrogens (tertiary/aromatic N) is 7. The van der Waals surface area contributed by atoms with E-state index in [0.29, 0.717) is 55.2 Å². The van der Waals surface area contributed by atoms with Gasteiger partial charge in [-0.3, -0.25) is 9.69 Å². The highest BCUT2D eigenvalue weighted by atomic mass is 16.5. The predicted molar refractivity (Wildman–Crippen MR) is 169 cm³/mol. The second-order valence-corrected chi connectivity index (χ2v) is 11.2. The van der Waals surface area contributed by atoms with Gasteiger partial charge in [0.1, 0.15) is 23.3 Å². The molecule has 12 heteroatoms. The average molecular weight is 606 g/mol. The van der Waals surface area contributed by atoms with E-state index in [2.05, 4.69) is 36.6 Å². The van der Waals surface area contributed by atoms with Crippen LogP contribution in [0, 0.1) is 11.3 Å². The summed E-state index contributed by atoms with van der Waals surface area (Å²) in [5.41, 5.74) is 3.20. The molecule has 1 saturated carbocycles. The summed E-state index contributed by atoms with van der Waals surface area (Å²) >= 11 is 0. The van der Waals surface area contributed by atoms with Crippen molar-refractivity contribution in [2.75, 3.05) is 35.9 Å². The zero-order valence-electron chi connectivity index (χ0n) is 25.1. The molecule has 230 valence electrons. The fraction of sp³-hybridized carbons (Fsp3) is 0.364. The second-order valence-electron chi connectivity index (χ2n) is 11.2. The van der Waals surface area contributed by atoms with Crippen molar-refractivity contribution in [2.24, 2.45) is 0 Å². The van der Waals surface area contributed by atoms with Gasteiger partial charge in [0, 0.05) is 48.2 Å². The van der Waals surface area contributed by atoms with Gasteiger partial charge in [-0.15, -0.1) is 0 Å². The van der Waals surface area contributed by atoms with Crippen molar-refractivity contribution in [3.63, 3.8) is 0 Å². The first kappa shape index (κ1) is 29.9. The fourth-order valence-corrected chi connectivity index (χ4v) is 5.62. The van der Waals surface area contributed by atoms with Gasteiger partial charge in [-0.2, -0.15) is 10.2 Å². The summed E-state index contributed by atoms with van der Waals surface area (Å²) in [5, 5.41) is 16.2. The standard InChI is InChI=1S/C33H35N9O3/c1-44-33-37-18-25(19-38-33)23-8-13-29(35-16-23)42(30(43)14-7-22-5-3-2-4-6-22)28-11-9-26(10-12-28)40-32-36-17-24(15-34)31(41-32)39-27-20-45-21-27/h2-6,8,13,16-19,26-28H,7,9-12,14,20-21H2,1H3,(H2,36,39,40,41). The Hall–Kier alpha value is -5.15. The summed E-state index contributed by atoms with van der Waals surface area (Å²) < 4.78 is 10.3. The first-order valence-electron chi connectivity index (χ1n) is 15.2. The van der Waals surface area contributed by atoms with E-state index in [-0.39, 0.29) is 24.0 Å². The van der Waals surface area contributed by atoms with Crippen LogP contribution in [0.5, 0.6) is 6.01 Å². The molecule has 0 spiro atoms. The largest absolute Gasteiger partial charge is 0.467 e. The molecule has 0 radical (unpaired) electrons. The van der Waals surface area contributed by atoms with Crippen molar-refractivity contribution in [1.82, 2.24) is 24.9 Å². The molecular formula is C33H35N9O3. The molecule has 0 unspecified atom stereocenters. The molecule has 1 aliphatic carbocycles. The van der Waals surface area contributed by atoms with Gasteiger partial charge in [-0.05, 0) is 49.8 Å². The van der Waals surface area contributed by atoms with Gasteiger partial charge in [0.25, 0.3) is 0 Å². The Morgan fingerprint density at radius 2 is 1.69 bits per heavy atom. The molecule has 6 rings (SSSR count). The highest BCUT2D eigenvalue weighted by molar-refractivity contribution is 5.93. The van der Waals surface area contributed by atoms with E-state index >= 15 is 0 Å². The third-order valence-electron chi connectivity index (χ3n) is 8.16. The maximum Gasteiger partial charge on any atom is 0.316 e. The van der Waals surface area contributed by atoms with E-state index in [0.717, 1.165) is 42.4 Å². The molecule has 2 N–H and O–H groups in total. The zero-order chi connectivity index (χ0) is 31.0. The van der Waals surface area contributed by atoms with Crippen molar-refractivity contribution in [3.05, 3.63) is 78.4 Å². The van der Waals surface area contributed by atoms with Crippen LogP contribution in [0.4, 0.5) is 17.6 Å². The number of nitriles is 1. The Morgan fingerprint density at radius 3 is 2.33 bits per heavy atom. The Bertz CT molecular complexity index is 1620. The minimum absolute atomic E-state index is 0.00622. The molecule has 4 heterocycles. The topological polar surface area (TPSA) is 151 Å². The zero-order valence-corrected chi connectivity index (χ0v) is 25.1. The molecule has 1 aromatic carbocycles. The van der Waals surface area contributed by atoms with Crippen LogP contribution in [0.3, 0.4) is 0 Å². The second kappa shape index (κ2) is 14.1. The van der Waals surface area contributed by atoms with Crippen molar-refractivity contribution in [1.29, 1.82) is 5.26 Å². The van der Waals surface area contributed by atoms with Crippen LogP contribution in [-0.4, -0.2) is 69.3 Å². The predicted octanol–water partition coefficient (Wildman–Crippen LogP) is 4.41. The number of methoxy groups -OCH3 is 1. The third-order valence-corrected chi connectivity index (χ3v) is 8.16. The van der Waals surface area contributed by atoms with Crippen LogP contribution in [-0.2, 0) is 16.0 Å². The smallest absolute Gasteiger partial charge is 0.316 e. The number of rotatable bonds is 11. The maximum atomic E-state index is 13.8. The lowest BCUT2D eigenvalue weighted by Gasteiger charge is -2.36. The SMILES string of the molecule is COc1ncc(-c2ccc(N(C(=O)CCc3ccccc3)C3CCC(Nc4ncc(C#N)c(NC5COC5)n4)CC3)nc2)cn1. The molecule has 2 aliphatic rings. The number of carbonyl (C=O) groups is 1. The van der Waals surface area contributed by atoms with E-state index in [9.17, 15) is 10.1 Å². The summed E-state index contributed by atoms with van der Waals surface area (Å²) in [6, 6.07) is 16.6. The third kappa shape index (κ3) is 7.33. The minimum atomic E-state index is 0.00622. The first-order chi connectivity index (χ1) is 22.1. The molecule has 0 atom stereocenters. The van der Waals surface area contributed by atoms with Crippen LogP contribution in [0.1, 0.15) is 43.2 Å². The summed E-state index contributed by atoms with van der Waals surface area (Å²) in [6.45, 7) is 1.19. The first-order valence-corrected chi connectivity index (χ1v) is 15.2. The Labute approximate surface area is 261 Å². The number of hydrogen-bond donors (Lipinski definition) is 2. The number of nitrogens with one attached hydrogen (secondary N) is 2. The fourth-order valence-electron chi connectivity index (χ4n) is 5.62. The number of ether oxygens (including phenoxy) is 2. The van der Waals surface area contributed by atoms with Crippen molar-refractivity contribution in [2.45, 2.75) is 56.7 Å². The Kier molecular flexibility index (Phi) is 9.36. The van der Waals surface area contributed by atoms with Crippen LogP contribution >= 0.6 is 0 Å². The molecule has 4 aromatic rings. The Morgan fingerprint density at radius 1 is 0.933 bits per heavy atom. The van der Waals surface area contributed by atoms with E-state index in [1.165, 1.54) is 7.11 Å². The lowest BCUT2D eigenvalue weighted by atomic mass is 9.89. The lowest BCUT2D eigenvalue weighted by Crippen LogP contribution is -2.45. The number of aromatic nitrogens is 5. The van der Waals surface area contributed by atoms with Crippen LogP contribution < -0.4 is 20.3 Å². The van der Waals surface area contributed by atoms with Crippen LogP contribution in [0.2, 0.25) is 0 Å². The minimum Gasteiger partial charge on any atom is -0.467 e. The van der Waals surface area contributed by atoms with Gasteiger partial charge in [0.05, 0.1) is 32.6 Å². The molecule has 0 bridgehead atoms. The normalized spacial score (nSPS) is 17.9. The van der Waals surface area contributed by atoms with Gasteiger partial charge in [-0.25, -0.2) is 19.9 Å². The molecule has 12 nitrogen and oxygen atoms in total. The van der Waals surface area contributed by atoms with E-state index in [1.807, 2.05) is 47.4 Å². The van der Waals surface area contributed by atoms with E-state index in [4.69, 9.17) is 14.5 Å². The van der Waals surface area contributed by atoms with Crippen LogP contribution in [0.15, 0.2) is 67.3 Å². The molecule has 1 saturated heterocycles. The van der Waals surface area contributed by atoms with Gasteiger partial charge in [0.15, 0.2) is 0 Å². The number of amides is 1. The van der Waals surface area contributed by atoms with Crippen LogP contribution in [0.25, 0.3) is 11.1 Å². The lowest BCUT2D eigenvalue weighted by molar-refractivity contribution is -0.119. The number of hydrogen-bond acceptors (Lipinski definition) is 11. The van der Waals surface area contributed by atoms with Gasteiger partial charge >= 0.3 is 6.01 Å². The number of aryl methyl sites for hydroxylation is 1. The maximum absolute atomic E-state index is 13.8. The van der Waals surface area contributed by atoms with E-state index in [1.54, 1.807) is 24.8 Å². The molecule has 45 heavy (non-hydrogen) atoms. The molecule has 3 aromatic heterocycles. The van der Waals surface area contributed by atoms with Gasteiger partial charge < -0.3 is 20.1 Å². The molecule has 2 fully saturated rings. The van der Waals surface area contributed by atoms with E-state index < -0.39 is 0 Å². The molecule has 1 aliphatic heterocycles. The highest BCUT2D eigenvalue weighted by Crippen LogP contribution is 2.30. The van der Waals surface area contributed by atoms with Gasteiger partial charge in [0.2, 0.25) is 11.9 Å². The van der Waals surface area contributed by atoms with Gasteiger partial charge in [-0.1, -0.05) is 30.3 Å². The summed E-state index contributed by atoms with van der Waals surface area (Å²) in [6.07, 6.45) is 11.0. The number of carbonyl (C=O) groups excluding carboxylic acids is 1. The summed E-state index contributed by atoms with van der Waals surface area (Å²) in [5.74, 6) is 1.68. The van der Waals surface area contributed by atoms with Crippen molar-refractivity contribution in [3.8, 4) is 23.2 Å². The number of anilines is 3. The molecule has 1 amide bonds. The summed E-state index contributed by atoms with van der Waals surface area (Å²) in [4.78, 5) is 37.8. The van der Waals surface area contributed by atoms with Crippen molar-refractivity contribution >= 4 is 23.5 Å². The molecular weight excluding hydrogens is 570 g/mol. The highest BCUT2D eigenvalue weighted by Gasteiger charge is 2.31. The van der Waals surface area contributed by atoms with Crippen molar-refractivity contribution < 1.29 is 14.3 Å². The average Bonchev–Trinajstić information content (AvgIpc) is 3.07. The summed E-state index contributed by atoms with van der Waals surface area (Å²) in [7, 11) is 1.53. The Balaban J connectivity index is 1.15. The number of benzene rings is 1.